The van der Waals surface area contributed by atoms with E-state index in [1.807, 2.05) is 0 Å². The first-order valence-electron chi connectivity index (χ1n) is 6.73. The zero-order valence-electron chi connectivity index (χ0n) is 12.4. The van der Waals surface area contributed by atoms with E-state index in [1.54, 1.807) is 44.2 Å². The van der Waals surface area contributed by atoms with Crippen LogP contribution < -0.4 is 15.8 Å². The molecule has 0 unspecified atom stereocenters. The smallest absolute Gasteiger partial charge is 0.417 e. The van der Waals surface area contributed by atoms with Crippen LogP contribution in [0.2, 0.25) is 0 Å². The summed E-state index contributed by atoms with van der Waals surface area (Å²) in [4.78, 5) is 23.5. The van der Waals surface area contributed by atoms with Crippen molar-refractivity contribution in [3.05, 3.63) is 41.6 Å². The van der Waals surface area contributed by atoms with Crippen molar-refractivity contribution in [2.24, 2.45) is 5.73 Å². The molecule has 0 atom stereocenters. The summed E-state index contributed by atoms with van der Waals surface area (Å²) in [6.45, 7) is 3.60. The summed E-state index contributed by atoms with van der Waals surface area (Å²) in [6.07, 6.45) is -0.411. The average Bonchev–Trinajstić information content (AvgIpc) is 2.48. The van der Waals surface area contributed by atoms with Gasteiger partial charge in [-0.3, -0.25) is 5.32 Å². The number of thiocarbonyl (C=S) groups is 1. The lowest BCUT2D eigenvalue weighted by Crippen LogP contribution is -2.36. The molecular formula is C15H18N2O4S. The molecule has 0 bridgehead atoms. The summed E-state index contributed by atoms with van der Waals surface area (Å²) in [7, 11) is 0. The lowest BCUT2D eigenvalue weighted by molar-refractivity contribution is -0.137. The largest absolute Gasteiger partial charge is 0.462 e. The minimum Gasteiger partial charge on any atom is -0.462 e. The normalized spacial score (nSPS) is 11.2. The van der Waals surface area contributed by atoms with Gasteiger partial charge in [0, 0.05) is 5.70 Å². The maximum absolute atomic E-state index is 11.9. The Morgan fingerprint density at radius 2 is 1.86 bits per heavy atom. The van der Waals surface area contributed by atoms with Gasteiger partial charge >= 0.3 is 12.1 Å². The first kappa shape index (κ1) is 17.6. The van der Waals surface area contributed by atoms with Crippen molar-refractivity contribution in [3.8, 4) is 5.75 Å². The van der Waals surface area contributed by atoms with E-state index < -0.39 is 12.1 Å². The van der Waals surface area contributed by atoms with Crippen LogP contribution in [0.15, 0.2) is 41.6 Å². The number of hydrogen-bond donors (Lipinski definition) is 2. The van der Waals surface area contributed by atoms with Gasteiger partial charge in [0.15, 0.2) is 0 Å². The molecule has 0 heterocycles. The maximum atomic E-state index is 11.9. The van der Waals surface area contributed by atoms with Crippen molar-refractivity contribution < 1.29 is 19.1 Å². The van der Waals surface area contributed by atoms with E-state index >= 15 is 0 Å². The third-order valence-corrected chi connectivity index (χ3v) is 2.88. The predicted molar refractivity (Wildman–Crippen MR) is 86.3 cm³/mol. The Balaban J connectivity index is 2.79. The minimum absolute atomic E-state index is 0.0237. The topological polar surface area (TPSA) is 90.6 Å². The van der Waals surface area contributed by atoms with Crippen molar-refractivity contribution in [3.63, 3.8) is 0 Å². The molecule has 6 nitrogen and oxygen atoms in total. The number of nitrogens with two attached hydrogens (primary N) is 1. The molecule has 0 saturated heterocycles. The Morgan fingerprint density at radius 3 is 2.41 bits per heavy atom. The molecule has 1 amide bonds. The SMILES string of the molecule is CCOC(=O)/C(C(=S)NC(=O)Oc1ccccc1)=C(/N)CC. The second-order valence-electron chi connectivity index (χ2n) is 4.13. The Morgan fingerprint density at radius 1 is 1.23 bits per heavy atom. The number of amides is 1. The van der Waals surface area contributed by atoms with E-state index in [0.29, 0.717) is 12.2 Å². The van der Waals surface area contributed by atoms with Crippen molar-refractivity contribution in [2.45, 2.75) is 20.3 Å². The molecule has 1 aromatic rings. The van der Waals surface area contributed by atoms with Crippen LogP contribution in [0.3, 0.4) is 0 Å². The van der Waals surface area contributed by atoms with Gasteiger partial charge in [-0.05, 0) is 25.5 Å². The quantitative estimate of drug-likeness (QED) is 0.491. The summed E-state index contributed by atoms with van der Waals surface area (Å²) in [5.41, 5.74) is 5.99. The highest BCUT2D eigenvalue weighted by Gasteiger charge is 2.21. The van der Waals surface area contributed by atoms with Crippen LogP contribution in [0.5, 0.6) is 5.75 Å². The van der Waals surface area contributed by atoms with Gasteiger partial charge in [-0.1, -0.05) is 37.3 Å². The Labute approximate surface area is 134 Å². The second-order valence-corrected chi connectivity index (χ2v) is 4.54. The molecule has 0 fully saturated rings. The summed E-state index contributed by atoms with van der Waals surface area (Å²) in [6, 6.07) is 8.47. The van der Waals surface area contributed by atoms with Crippen LogP contribution in [0.1, 0.15) is 20.3 Å². The van der Waals surface area contributed by atoms with E-state index in [4.69, 9.17) is 27.4 Å². The molecule has 0 aliphatic heterocycles. The number of nitrogens with one attached hydrogen (secondary N) is 1. The number of ether oxygens (including phenoxy) is 2. The fourth-order valence-electron chi connectivity index (χ4n) is 1.53. The number of benzene rings is 1. The van der Waals surface area contributed by atoms with E-state index in [2.05, 4.69) is 5.32 Å². The van der Waals surface area contributed by atoms with E-state index in [0.717, 1.165) is 0 Å². The van der Waals surface area contributed by atoms with Crippen LogP contribution in [-0.4, -0.2) is 23.7 Å². The maximum Gasteiger partial charge on any atom is 0.417 e. The number of allylic oxidation sites excluding steroid dienone is 1. The van der Waals surface area contributed by atoms with Crippen molar-refractivity contribution in [2.75, 3.05) is 6.61 Å². The standard InChI is InChI=1S/C15H18N2O4S/c1-3-11(16)12(14(18)20-4-2)13(22)17-15(19)21-10-8-6-5-7-9-10/h5-9H,3-4,16H2,1-2H3,(H,17,19,22)/b12-11+. The molecule has 0 spiro atoms. The van der Waals surface area contributed by atoms with Gasteiger partial charge in [-0.25, -0.2) is 9.59 Å². The van der Waals surface area contributed by atoms with Crippen LogP contribution >= 0.6 is 12.2 Å². The molecule has 1 aromatic carbocycles. The van der Waals surface area contributed by atoms with E-state index in [-0.39, 0.29) is 22.9 Å². The van der Waals surface area contributed by atoms with E-state index in [1.165, 1.54) is 0 Å². The first-order valence-corrected chi connectivity index (χ1v) is 7.14. The molecule has 3 N–H and O–H groups in total. The Kier molecular flexibility index (Phi) is 7.04. The van der Waals surface area contributed by atoms with Gasteiger partial charge < -0.3 is 15.2 Å². The van der Waals surface area contributed by atoms with Gasteiger partial charge in [0.05, 0.1) is 6.61 Å². The zero-order valence-corrected chi connectivity index (χ0v) is 13.2. The Hall–Kier alpha value is -2.41. The number of hydrogen-bond acceptors (Lipinski definition) is 6. The van der Waals surface area contributed by atoms with Crippen LogP contribution in [0.4, 0.5) is 4.79 Å². The fraction of sp³-hybridized carbons (Fsp3) is 0.267. The van der Waals surface area contributed by atoms with Gasteiger partial charge in [0.2, 0.25) is 0 Å². The third kappa shape index (κ3) is 5.17. The molecular weight excluding hydrogens is 304 g/mol. The zero-order chi connectivity index (χ0) is 16.5. The number of carbonyl (C=O) groups excluding carboxylic acids is 2. The molecule has 0 saturated carbocycles. The lowest BCUT2D eigenvalue weighted by atomic mass is 10.1. The molecule has 0 aliphatic carbocycles. The second kappa shape index (κ2) is 8.78. The highest BCUT2D eigenvalue weighted by Crippen LogP contribution is 2.10. The molecule has 0 aromatic heterocycles. The summed E-state index contributed by atoms with van der Waals surface area (Å²) < 4.78 is 9.93. The number of para-hydroxylation sites is 1. The average molecular weight is 322 g/mol. The van der Waals surface area contributed by atoms with Crippen LogP contribution in [0.25, 0.3) is 0 Å². The molecule has 7 heteroatoms. The highest BCUT2D eigenvalue weighted by molar-refractivity contribution is 7.80. The van der Waals surface area contributed by atoms with Crippen molar-refractivity contribution >= 4 is 29.3 Å². The molecule has 118 valence electrons. The minimum atomic E-state index is -0.804. The summed E-state index contributed by atoms with van der Waals surface area (Å²) >= 11 is 5.05. The van der Waals surface area contributed by atoms with Crippen molar-refractivity contribution in [1.29, 1.82) is 0 Å². The number of esters is 1. The molecule has 0 radical (unpaired) electrons. The number of rotatable bonds is 5. The van der Waals surface area contributed by atoms with E-state index in [9.17, 15) is 9.59 Å². The van der Waals surface area contributed by atoms with Gasteiger partial charge in [-0.2, -0.15) is 0 Å². The molecule has 1 rings (SSSR count). The summed E-state index contributed by atoms with van der Waals surface area (Å²) in [5, 5.41) is 2.31. The summed E-state index contributed by atoms with van der Waals surface area (Å²) in [5.74, 6) is -0.320. The van der Waals surface area contributed by atoms with Crippen LogP contribution in [-0.2, 0) is 9.53 Å². The highest BCUT2D eigenvalue weighted by atomic mass is 32.1. The first-order chi connectivity index (χ1) is 10.5. The molecule has 0 aliphatic rings. The fourth-order valence-corrected chi connectivity index (χ4v) is 1.82. The van der Waals surface area contributed by atoms with Crippen LogP contribution in [0, 0.1) is 0 Å². The monoisotopic (exact) mass is 322 g/mol. The molecule has 22 heavy (non-hydrogen) atoms. The van der Waals surface area contributed by atoms with Gasteiger partial charge in [0.25, 0.3) is 0 Å². The lowest BCUT2D eigenvalue weighted by Gasteiger charge is -2.12. The third-order valence-electron chi connectivity index (χ3n) is 2.58. The Bertz CT molecular complexity index is 584. The number of carbonyl (C=O) groups is 2. The predicted octanol–water partition coefficient (Wildman–Crippen LogP) is 2.29. The van der Waals surface area contributed by atoms with Crippen molar-refractivity contribution in [1.82, 2.24) is 5.32 Å². The van der Waals surface area contributed by atoms with Gasteiger partial charge in [0.1, 0.15) is 16.3 Å². The van der Waals surface area contributed by atoms with Gasteiger partial charge in [-0.15, -0.1) is 0 Å².